The van der Waals surface area contributed by atoms with Gasteiger partial charge >= 0.3 is 0 Å². The number of hydrogen-bond donors (Lipinski definition) is 4. The second kappa shape index (κ2) is 5.57. The molecule has 1 amide bonds. The molecule has 0 aromatic carbocycles. The van der Waals surface area contributed by atoms with Crippen LogP contribution in [0.1, 0.15) is 12.0 Å². The van der Waals surface area contributed by atoms with E-state index < -0.39 is 17.3 Å². The van der Waals surface area contributed by atoms with Gasteiger partial charge in [-0.05, 0) is 12.2 Å². The highest BCUT2D eigenvalue weighted by molar-refractivity contribution is 7.71. The van der Waals surface area contributed by atoms with Crippen molar-refractivity contribution in [3.63, 3.8) is 0 Å². The number of rotatable bonds is 3. The van der Waals surface area contributed by atoms with Crippen LogP contribution in [-0.4, -0.2) is 27.2 Å². The van der Waals surface area contributed by atoms with Gasteiger partial charge in [-0.2, -0.15) is 10.4 Å². The lowest BCUT2D eigenvalue weighted by atomic mass is 10.3. The SMILES string of the molecule is N#CCC(=O)NN=Cc1c(O)[nH]c(=S)[nH]c1=O. The van der Waals surface area contributed by atoms with Crippen LogP contribution in [0.15, 0.2) is 9.90 Å². The fourth-order valence-electron chi connectivity index (χ4n) is 0.884. The van der Waals surface area contributed by atoms with E-state index in [1.807, 2.05) is 5.43 Å². The molecule has 0 fully saturated rings. The molecule has 0 spiro atoms. The summed E-state index contributed by atoms with van der Waals surface area (Å²) in [7, 11) is 0. The number of nitrogens with zero attached hydrogens (tertiary/aromatic N) is 2. The number of aromatic amines is 2. The molecule has 1 rings (SSSR count). The Morgan fingerprint density at radius 3 is 2.94 bits per heavy atom. The van der Waals surface area contributed by atoms with Gasteiger partial charge in [0.05, 0.1) is 12.3 Å². The first-order chi connectivity index (χ1) is 8.04. The zero-order valence-corrected chi connectivity index (χ0v) is 9.17. The van der Waals surface area contributed by atoms with E-state index in [-0.39, 0.29) is 16.8 Å². The average Bonchev–Trinajstić information content (AvgIpc) is 2.22. The van der Waals surface area contributed by atoms with Gasteiger partial charge in [-0.1, -0.05) is 0 Å². The van der Waals surface area contributed by atoms with E-state index in [1.165, 1.54) is 0 Å². The summed E-state index contributed by atoms with van der Waals surface area (Å²) in [5, 5.41) is 20.9. The fourth-order valence-corrected chi connectivity index (χ4v) is 1.07. The van der Waals surface area contributed by atoms with Gasteiger partial charge in [0.15, 0.2) is 4.77 Å². The van der Waals surface area contributed by atoms with E-state index >= 15 is 0 Å². The Labute approximate surface area is 99.6 Å². The number of amides is 1. The Balaban J connectivity index is 2.87. The number of hydrazone groups is 1. The molecular weight excluding hydrogens is 246 g/mol. The monoisotopic (exact) mass is 253 g/mol. The van der Waals surface area contributed by atoms with Crippen molar-refractivity contribution in [2.45, 2.75) is 6.42 Å². The van der Waals surface area contributed by atoms with Crippen molar-refractivity contribution in [3.8, 4) is 11.9 Å². The Hall–Kier alpha value is -2.47. The normalized spacial score (nSPS) is 10.1. The van der Waals surface area contributed by atoms with Gasteiger partial charge in [-0.15, -0.1) is 0 Å². The summed E-state index contributed by atoms with van der Waals surface area (Å²) in [6, 6.07) is 1.62. The summed E-state index contributed by atoms with van der Waals surface area (Å²) in [4.78, 5) is 26.7. The molecule has 0 atom stereocenters. The topological polar surface area (TPSA) is 134 Å². The molecule has 9 heteroatoms. The maximum absolute atomic E-state index is 11.3. The molecule has 0 aliphatic heterocycles. The second-order valence-electron chi connectivity index (χ2n) is 2.80. The lowest BCUT2D eigenvalue weighted by Crippen LogP contribution is -2.18. The maximum atomic E-state index is 11.3. The van der Waals surface area contributed by atoms with Gasteiger partial charge in [0.1, 0.15) is 12.0 Å². The van der Waals surface area contributed by atoms with E-state index in [0.717, 1.165) is 6.21 Å². The number of nitriles is 1. The number of aromatic hydroxyl groups is 1. The lowest BCUT2D eigenvalue weighted by molar-refractivity contribution is -0.120. The van der Waals surface area contributed by atoms with Crippen LogP contribution in [0.25, 0.3) is 0 Å². The van der Waals surface area contributed by atoms with E-state index in [1.54, 1.807) is 6.07 Å². The van der Waals surface area contributed by atoms with Crippen LogP contribution in [0.4, 0.5) is 0 Å². The summed E-state index contributed by atoms with van der Waals surface area (Å²) < 4.78 is -0.0295. The first-order valence-corrected chi connectivity index (χ1v) is 4.70. The Bertz CT molecular complexity index is 609. The molecule has 0 unspecified atom stereocenters. The van der Waals surface area contributed by atoms with Crippen molar-refractivity contribution in [3.05, 3.63) is 20.7 Å². The molecule has 8 nitrogen and oxygen atoms in total. The van der Waals surface area contributed by atoms with Gasteiger partial charge in [0.2, 0.25) is 5.88 Å². The number of nitrogens with one attached hydrogen (secondary N) is 3. The van der Waals surface area contributed by atoms with Crippen LogP contribution in [-0.2, 0) is 4.79 Å². The highest BCUT2D eigenvalue weighted by Gasteiger charge is 2.04. The zero-order valence-electron chi connectivity index (χ0n) is 8.35. The second-order valence-corrected chi connectivity index (χ2v) is 3.21. The van der Waals surface area contributed by atoms with Gasteiger partial charge in [0, 0.05) is 0 Å². The molecule has 4 N–H and O–H groups in total. The van der Waals surface area contributed by atoms with Crippen LogP contribution in [0.5, 0.6) is 5.88 Å². The van der Waals surface area contributed by atoms with E-state index in [4.69, 9.17) is 5.26 Å². The predicted octanol–water partition coefficient (Wildman–Crippen LogP) is -0.498. The van der Waals surface area contributed by atoms with Gasteiger partial charge in [-0.3, -0.25) is 14.6 Å². The zero-order chi connectivity index (χ0) is 12.8. The van der Waals surface area contributed by atoms with Crippen LogP contribution < -0.4 is 11.0 Å². The molecule has 0 saturated heterocycles. The molecule has 1 aromatic rings. The van der Waals surface area contributed by atoms with E-state index in [2.05, 4.69) is 27.3 Å². The van der Waals surface area contributed by atoms with Crippen molar-refractivity contribution in [2.75, 3.05) is 0 Å². The van der Waals surface area contributed by atoms with Crippen LogP contribution >= 0.6 is 12.2 Å². The first kappa shape index (κ1) is 12.6. The van der Waals surface area contributed by atoms with Crippen molar-refractivity contribution in [2.24, 2.45) is 5.10 Å². The fraction of sp³-hybridized carbons (Fsp3) is 0.125. The number of carbonyl (C=O) groups excluding carboxylic acids is 1. The standard InChI is InChI=1S/C8H7N5O3S/c9-2-1-5(14)13-10-3-4-6(15)11-8(17)12-7(4)16/h3H,1H2,(H,13,14)(H3,11,12,15,16,17). The number of H-pyrrole nitrogens is 2. The van der Waals surface area contributed by atoms with Crippen molar-refractivity contribution >= 4 is 24.3 Å². The highest BCUT2D eigenvalue weighted by atomic mass is 32.1. The minimum Gasteiger partial charge on any atom is -0.494 e. The summed E-state index contributed by atoms with van der Waals surface area (Å²) in [5.74, 6) is -1.08. The Morgan fingerprint density at radius 1 is 1.65 bits per heavy atom. The molecule has 1 heterocycles. The highest BCUT2D eigenvalue weighted by Crippen LogP contribution is 2.03. The third kappa shape index (κ3) is 3.54. The van der Waals surface area contributed by atoms with Crippen molar-refractivity contribution < 1.29 is 9.90 Å². The van der Waals surface area contributed by atoms with Crippen LogP contribution in [0.3, 0.4) is 0 Å². The average molecular weight is 253 g/mol. The molecule has 17 heavy (non-hydrogen) atoms. The number of hydrogen-bond acceptors (Lipinski definition) is 6. The smallest absolute Gasteiger partial charge is 0.264 e. The Morgan fingerprint density at radius 2 is 2.35 bits per heavy atom. The van der Waals surface area contributed by atoms with Gasteiger partial charge in [-0.25, -0.2) is 5.43 Å². The summed E-state index contributed by atoms with van der Waals surface area (Å²) in [6.07, 6.45) is 0.589. The molecule has 88 valence electrons. The third-order valence-corrected chi connectivity index (χ3v) is 1.79. The molecule has 0 aliphatic rings. The molecule has 0 bridgehead atoms. The summed E-state index contributed by atoms with van der Waals surface area (Å²) in [6.45, 7) is 0. The largest absolute Gasteiger partial charge is 0.494 e. The summed E-state index contributed by atoms with van der Waals surface area (Å²) >= 11 is 4.61. The first-order valence-electron chi connectivity index (χ1n) is 4.29. The molecule has 1 aromatic heterocycles. The van der Waals surface area contributed by atoms with Gasteiger partial charge < -0.3 is 10.1 Å². The van der Waals surface area contributed by atoms with E-state index in [9.17, 15) is 14.7 Å². The van der Waals surface area contributed by atoms with Gasteiger partial charge in [0.25, 0.3) is 11.5 Å². The Kier molecular flexibility index (Phi) is 4.13. The molecule has 0 saturated carbocycles. The van der Waals surface area contributed by atoms with Crippen LogP contribution in [0, 0.1) is 16.1 Å². The quantitative estimate of drug-likeness (QED) is 0.327. The minimum atomic E-state index is -0.649. The molecular formula is C8H7N5O3S. The lowest BCUT2D eigenvalue weighted by Gasteiger charge is -1.97. The van der Waals surface area contributed by atoms with Crippen LogP contribution in [0.2, 0.25) is 0 Å². The number of aromatic nitrogens is 2. The minimum absolute atomic E-state index is 0.0295. The third-order valence-electron chi connectivity index (χ3n) is 1.58. The predicted molar refractivity (Wildman–Crippen MR) is 59.9 cm³/mol. The van der Waals surface area contributed by atoms with Crippen molar-refractivity contribution in [1.29, 1.82) is 5.26 Å². The molecule has 0 radical (unpaired) electrons. The maximum Gasteiger partial charge on any atom is 0.264 e. The summed E-state index contributed by atoms with van der Waals surface area (Å²) in [5.41, 5.74) is 1.17. The molecule has 0 aliphatic carbocycles. The van der Waals surface area contributed by atoms with Crippen molar-refractivity contribution in [1.82, 2.24) is 15.4 Å². The number of carbonyl (C=O) groups is 1. The van der Waals surface area contributed by atoms with E-state index in [0.29, 0.717) is 0 Å².